The fourth-order valence-electron chi connectivity index (χ4n) is 2.78. The Hall–Kier alpha value is -2.97. The van der Waals surface area contributed by atoms with Crippen molar-refractivity contribution >= 4 is 23.6 Å². The quantitative estimate of drug-likeness (QED) is 0.817. The van der Waals surface area contributed by atoms with Gasteiger partial charge in [0.2, 0.25) is 5.91 Å². The number of benzene rings is 1. The Balaban J connectivity index is 2.12. The van der Waals surface area contributed by atoms with Crippen LogP contribution in [0.1, 0.15) is 41.6 Å². The van der Waals surface area contributed by atoms with Gasteiger partial charge in [0.05, 0.1) is 16.8 Å². The number of hydrogen-bond donors (Lipinski definition) is 2. The van der Waals surface area contributed by atoms with Crippen molar-refractivity contribution in [2.75, 3.05) is 17.6 Å². The van der Waals surface area contributed by atoms with Gasteiger partial charge in [-0.15, -0.1) is 0 Å². The molecule has 0 aliphatic carbocycles. The number of nitrogens with zero attached hydrogens (tertiary/aromatic N) is 3. The van der Waals surface area contributed by atoms with E-state index in [1.54, 1.807) is 0 Å². The van der Waals surface area contributed by atoms with E-state index in [2.05, 4.69) is 20.3 Å². The van der Waals surface area contributed by atoms with E-state index >= 15 is 0 Å². The van der Waals surface area contributed by atoms with Crippen LogP contribution in [-0.2, 0) is 11.0 Å². The number of anilines is 2. The number of halogens is 3. The van der Waals surface area contributed by atoms with Crippen LogP contribution in [0.3, 0.4) is 0 Å². The van der Waals surface area contributed by atoms with Crippen LogP contribution < -0.4 is 11.1 Å². The molecule has 136 valence electrons. The zero-order chi connectivity index (χ0) is 18.9. The average molecular weight is 363 g/mol. The molecule has 2 aromatic rings. The highest BCUT2D eigenvalue weighted by Crippen LogP contribution is 2.41. The third-order valence-corrected chi connectivity index (χ3v) is 4.00. The molecule has 9 heteroatoms. The van der Waals surface area contributed by atoms with E-state index in [-0.39, 0.29) is 17.1 Å². The first kappa shape index (κ1) is 17.8. The predicted molar refractivity (Wildman–Crippen MR) is 91.1 cm³/mol. The Morgan fingerprint density at radius 2 is 2.12 bits per heavy atom. The molecule has 0 saturated heterocycles. The van der Waals surface area contributed by atoms with Gasteiger partial charge in [-0.25, -0.2) is 9.97 Å². The molecule has 0 radical (unpaired) electrons. The topological polar surface area (TPSA) is 93.3 Å². The molecule has 0 saturated carbocycles. The van der Waals surface area contributed by atoms with E-state index < -0.39 is 23.6 Å². The molecule has 0 fully saturated rings. The zero-order valence-electron chi connectivity index (χ0n) is 13.8. The maximum atomic E-state index is 13.1. The van der Waals surface area contributed by atoms with Crippen molar-refractivity contribution in [1.82, 2.24) is 9.97 Å². The van der Waals surface area contributed by atoms with Crippen molar-refractivity contribution in [3.8, 4) is 0 Å². The number of aromatic nitrogens is 2. The van der Waals surface area contributed by atoms with Gasteiger partial charge < -0.3 is 11.1 Å². The first-order valence-corrected chi connectivity index (χ1v) is 7.95. The monoisotopic (exact) mass is 363 g/mol. The highest BCUT2D eigenvalue weighted by atomic mass is 19.4. The minimum Gasteiger partial charge on any atom is -0.383 e. The van der Waals surface area contributed by atoms with Crippen molar-refractivity contribution in [2.45, 2.75) is 25.4 Å². The molecule has 1 aromatic carbocycles. The number of carbonyl (C=O) groups excluding carboxylic acids is 1. The van der Waals surface area contributed by atoms with E-state index in [9.17, 15) is 18.0 Å². The smallest absolute Gasteiger partial charge is 0.383 e. The van der Waals surface area contributed by atoms with E-state index in [1.807, 2.05) is 6.92 Å². The number of carbonyl (C=O) groups is 1. The second kappa shape index (κ2) is 6.74. The number of nitrogens with one attached hydrogen (secondary N) is 1. The summed E-state index contributed by atoms with van der Waals surface area (Å²) in [5.41, 5.74) is 6.14. The van der Waals surface area contributed by atoms with Gasteiger partial charge in [0.25, 0.3) is 0 Å². The summed E-state index contributed by atoms with van der Waals surface area (Å²) in [5, 5.41) is 2.59. The van der Waals surface area contributed by atoms with Crippen LogP contribution in [0.25, 0.3) is 0 Å². The first-order chi connectivity index (χ1) is 12.3. The molecule has 1 atom stereocenters. The summed E-state index contributed by atoms with van der Waals surface area (Å²) in [6, 6.07) is 3.13. The van der Waals surface area contributed by atoms with Crippen LogP contribution in [0.4, 0.5) is 24.7 Å². The summed E-state index contributed by atoms with van der Waals surface area (Å²) in [7, 11) is 0. The van der Waals surface area contributed by atoms with Gasteiger partial charge in [0.1, 0.15) is 18.1 Å². The third-order valence-electron chi connectivity index (χ3n) is 4.00. The predicted octanol–water partition coefficient (Wildman–Crippen LogP) is 2.99. The molecular formula is C17H16F3N5O. The highest BCUT2D eigenvalue weighted by molar-refractivity contribution is 6.06. The van der Waals surface area contributed by atoms with Gasteiger partial charge >= 0.3 is 6.18 Å². The number of nitrogens with two attached hydrogens (primary N) is 1. The molecule has 3 rings (SSSR count). The lowest BCUT2D eigenvalue weighted by atomic mass is 9.92. The molecule has 1 aliphatic rings. The van der Waals surface area contributed by atoms with Crippen molar-refractivity contribution in [1.29, 1.82) is 0 Å². The molecule has 1 unspecified atom stereocenters. The molecule has 2 heterocycles. The first-order valence-electron chi connectivity index (χ1n) is 7.95. The Bertz CT molecular complexity index is 879. The molecule has 1 amide bonds. The summed E-state index contributed by atoms with van der Waals surface area (Å²) < 4.78 is 39.2. The maximum Gasteiger partial charge on any atom is 0.416 e. The highest BCUT2D eigenvalue weighted by Gasteiger charge is 2.38. The van der Waals surface area contributed by atoms with Crippen LogP contribution >= 0.6 is 0 Å². The number of fused-ring (bicyclic) bond motifs is 1. The number of amides is 1. The van der Waals surface area contributed by atoms with Crippen LogP contribution in [0.5, 0.6) is 0 Å². The minimum absolute atomic E-state index is 0.114. The Morgan fingerprint density at radius 1 is 1.35 bits per heavy atom. The van der Waals surface area contributed by atoms with E-state index in [0.29, 0.717) is 17.8 Å². The van der Waals surface area contributed by atoms with Crippen LogP contribution in [0.2, 0.25) is 0 Å². The summed E-state index contributed by atoms with van der Waals surface area (Å²) in [5.74, 6) is -1.37. The van der Waals surface area contributed by atoms with Gasteiger partial charge in [0, 0.05) is 18.4 Å². The van der Waals surface area contributed by atoms with Gasteiger partial charge in [0.15, 0.2) is 0 Å². The molecule has 26 heavy (non-hydrogen) atoms. The lowest BCUT2D eigenvalue weighted by Crippen LogP contribution is -2.18. The summed E-state index contributed by atoms with van der Waals surface area (Å²) >= 11 is 0. The number of nitrogen functional groups attached to an aromatic ring is 1. The Kier molecular flexibility index (Phi) is 4.62. The van der Waals surface area contributed by atoms with Crippen molar-refractivity contribution in [3.63, 3.8) is 0 Å². The summed E-state index contributed by atoms with van der Waals surface area (Å²) in [4.78, 5) is 24.7. The fraction of sp³-hybridized carbons (Fsp3) is 0.294. The SMILES string of the molecule is CCCN=Cc1c(N)ncnc1C1C(=O)Nc2ccc(C(F)(F)F)cc21. The number of aliphatic imine (C=N–C) groups is 1. The molecular weight excluding hydrogens is 347 g/mol. The van der Waals surface area contributed by atoms with E-state index in [1.165, 1.54) is 18.6 Å². The second-order valence-corrected chi connectivity index (χ2v) is 5.82. The standard InChI is InChI=1S/C17H16F3N5O/c1-2-5-22-7-11-14(23-8-24-15(11)21)13-10-6-9(17(18,19)20)3-4-12(10)25-16(13)26/h3-4,6-8,13H,2,5H2,1H3,(H,25,26)(H2,21,23,24). The molecule has 6 nitrogen and oxygen atoms in total. The summed E-state index contributed by atoms with van der Waals surface area (Å²) in [6.07, 6.45) is -1.06. The number of rotatable bonds is 4. The maximum absolute atomic E-state index is 13.1. The van der Waals surface area contributed by atoms with Crippen molar-refractivity contribution < 1.29 is 18.0 Å². The largest absolute Gasteiger partial charge is 0.416 e. The molecule has 0 bridgehead atoms. The normalized spacial score (nSPS) is 16.8. The van der Waals surface area contributed by atoms with Gasteiger partial charge in [-0.1, -0.05) is 6.92 Å². The Labute approximate surface area is 147 Å². The molecule has 1 aliphatic heterocycles. The molecule has 0 spiro atoms. The lowest BCUT2D eigenvalue weighted by Gasteiger charge is -2.14. The van der Waals surface area contributed by atoms with E-state index in [4.69, 9.17) is 5.73 Å². The third kappa shape index (κ3) is 3.24. The van der Waals surface area contributed by atoms with Crippen molar-refractivity contribution in [3.05, 3.63) is 46.9 Å². The molecule has 3 N–H and O–H groups in total. The number of hydrogen-bond acceptors (Lipinski definition) is 5. The fourth-order valence-corrected chi connectivity index (χ4v) is 2.78. The minimum atomic E-state index is -4.51. The Morgan fingerprint density at radius 3 is 2.81 bits per heavy atom. The van der Waals surface area contributed by atoms with Crippen LogP contribution in [0, 0.1) is 0 Å². The lowest BCUT2D eigenvalue weighted by molar-refractivity contribution is -0.137. The van der Waals surface area contributed by atoms with Gasteiger partial charge in [-0.3, -0.25) is 9.79 Å². The second-order valence-electron chi connectivity index (χ2n) is 5.82. The van der Waals surface area contributed by atoms with E-state index in [0.717, 1.165) is 18.6 Å². The molecule has 1 aromatic heterocycles. The van der Waals surface area contributed by atoms with Gasteiger partial charge in [-0.05, 0) is 30.2 Å². The summed E-state index contributed by atoms with van der Waals surface area (Å²) in [6.45, 7) is 2.49. The zero-order valence-corrected chi connectivity index (χ0v) is 13.8. The van der Waals surface area contributed by atoms with Crippen LogP contribution in [0.15, 0.2) is 29.5 Å². The van der Waals surface area contributed by atoms with Gasteiger partial charge in [-0.2, -0.15) is 13.2 Å². The van der Waals surface area contributed by atoms with Crippen LogP contribution in [-0.4, -0.2) is 28.6 Å². The average Bonchev–Trinajstić information content (AvgIpc) is 2.90. The van der Waals surface area contributed by atoms with Crippen molar-refractivity contribution in [2.24, 2.45) is 4.99 Å². The number of alkyl halides is 3.